The van der Waals surface area contributed by atoms with Gasteiger partial charge in [0, 0.05) is 7.05 Å². The minimum absolute atomic E-state index is 0.0169. The van der Waals surface area contributed by atoms with Crippen molar-refractivity contribution in [3.63, 3.8) is 0 Å². The van der Waals surface area contributed by atoms with Crippen LogP contribution in [0.4, 0.5) is 5.82 Å². The Kier molecular flexibility index (Phi) is 3.48. The van der Waals surface area contributed by atoms with Crippen LogP contribution in [-0.2, 0) is 17.1 Å². The molecule has 120 valence electrons. The molecule has 0 aliphatic carbocycles. The highest BCUT2D eigenvalue weighted by molar-refractivity contribution is 7.92. The van der Waals surface area contributed by atoms with Crippen LogP contribution in [-0.4, -0.2) is 39.4 Å². The zero-order chi connectivity index (χ0) is 16.6. The number of anilines is 1. The molecule has 0 atom stereocenters. The van der Waals surface area contributed by atoms with Gasteiger partial charge in [0.2, 0.25) is 10.0 Å². The molecule has 23 heavy (non-hydrogen) atoms. The van der Waals surface area contributed by atoms with Crippen LogP contribution in [0.2, 0.25) is 0 Å². The lowest BCUT2D eigenvalue weighted by atomic mass is 10.4. The number of aromatic nitrogens is 5. The number of nitrogens with one attached hydrogen (secondary N) is 2. The molecule has 0 saturated heterocycles. The molecule has 0 unspecified atom stereocenters. The molecule has 0 aromatic carbocycles. The maximum Gasteiger partial charge on any atom is 0.304 e. The van der Waals surface area contributed by atoms with E-state index in [2.05, 4.69) is 24.8 Å². The van der Waals surface area contributed by atoms with E-state index < -0.39 is 10.0 Å². The summed E-state index contributed by atoms with van der Waals surface area (Å²) in [6.45, 7) is 0. The fourth-order valence-corrected chi connectivity index (χ4v) is 2.36. The first-order valence-electron chi connectivity index (χ1n) is 6.35. The van der Waals surface area contributed by atoms with Gasteiger partial charge in [0.05, 0.1) is 18.6 Å². The maximum atomic E-state index is 11.9. The van der Waals surface area contributed by atoms with Crippen molar-refractivity contribution >= 4 is 26.9 Å². The van der Waals surface area contributed by atoms with Crippen LogP contribution < -0.4 is 15.0 Å². The molecule has 3 rings (SSSR count). The van der Waals surface area contributed by atoms with E-state index in [0.29, 0.717) is 11.0 Å². The minimum atomic E-state index is -3.40. The molecular formula is C12H12N6O4S. The normalized spacial score (nSPS) is 11.6. The molecule has 3 heterocycles. The third kappa shape index (κ3) is 3.29. The first-order valence-corrected chi connectivity index (χ1v) is 8.25. The Balaban J connectivity index is 1.87. The second-order valence-corrected chi connectivity index (χ2v) is 6.48. The second-order valence-electron chi connectivity index (χ2n) is 4.73. The van der Waals surface area contributed by atoms with Gasteiger partial charge in [0.15, 0.2) is 5.65 Å². The highest BCUT2D eigenvalue weighted by atomic mass is 32.2. The molecule has 3 aromatic rings. The Morgan fingerprint density at radius 2 is 2.09 bits per heavy atom. The molecule has 3 aromatic heterocycles. The number of nitrogens with zero attached hydrogens (tertiary/aromatic N) is 4. The summed E-state index contributed by atoms with van der Waals surface area (Å²) in [5.74, 6) is 0.442. The van der Waals surface area contributed by atoms with Gasteiger partial charge in [-0.15, -0.1) is 0 Å². The summed E-state index contributed by atoms with van der Waals surface area (Å²) in [4.78, 5) is 22.4. The van der Waals surface area contributed by atoms with Gasteiger partial charge in [-0.05, 0) is 12.1 Å². The molecule has 2 N–H and O–H groups in total. The van der Waals surface area contributed by atoms with Gasteiger partial charge in [-0.2, -0.15) is 10.1 Å². The van der Waals surface area contributed by atoms with Crippen molar-refractivity contribution in [1.82, 2.24) is 24.7 Å². The lowest BCUT2D eigenvalue weighted by Gasteiger charge is -2.06. The summed E-state index contributed by atoms with van der Waals surface area (Å²) >= 11 is 0. The smallest absolute Gasteiger partial charge is 0.304 e. The lowest BCUT2D eigenvalue weighted by Crippen LogP contribution is -2.11. The van der Waals surface area contributed by atoms with Crippen LogP contribution in [0.1, 0.15) is 0 Å². The van der Waals surface area contributed by atoms with Gasteiger partial charge in [-0.25, -0.2) is 13.4 Å². The summed E-state index contributed by atoms with van der Waals surface area (Å²) in [5, 5.41) is 4.30. The third-order valence-corrected chi connectivity index (χ3v) is 3.40. The fourth-order valence-electron chi connectivity index (χ4n) is 1.86. The summed E-state index contributed by atoms with van der Waals surface area (Å²) in [5.41, 5.74) is 0.00787. The van der Waals surface area contributed by atoms with Gasteiger partial charge in [-0.1, -0.05) is 0 Å². The van der Waals surface area contributed by atoms with Crippen LogP contribution in [0, 0.1) is 0 Å². The van der Waals surface area contributed by atoms with Crippen molar-refractivity contribution in [3.8, 4) is 11.8 Å². The number of hydrogen-bond acceptors (Lipinski definition) is 7. The molecule has 0 spiro atoms. The van der Waals surface area contributed by atoms with Crippen LogP contribution in [0.3, 0.4) is 0 Å². The second kappa shape index (κ2) is 5.35. The van der Waals surface area contributed by atoms with Crippen molar-refractivity contribution in [3.05, 3.63) is 34.9 Å². The van der Waals surface area contributed by atoms with E-state index in [1.54, 1.807) is 7.05 Å². The molecule has 10 nitrogen and oxygen atoms in total. The zero-order valence-corrected chi connectivity index (χ0v) is 13.0. The SMILES string of the molecule is Cn1ncc2c(=O)[nH]c(Oc3ccc(NS(C)(=O)=O)nc3)nc21. The Hall–Kier alpha value is -2.95. The van der Waals surface area contributed by atoms with Crippen LogP contribution in [0.5, 0.6) is 11.8 Å². The Morgan fingerprint density at radius 1 is 1.30 bits per heavy atom. The largest absolute Gasteiger partial charge is 0.424 e. The summed E-state index contributed by atoms with van der Waals surface area (Å²) in [6.07, 6.45) is 3.75. The Morgan fingerprint density at radius 3 is 2.74 bits per heavy atom. The van der Waals surface area contributed by atoms with Crippen LogP contribution in [0.15, 0.2) is 29.3 Å². The highest BCUT2D eigenvalue weighted by Crippen LogP contribution is 2.19. The number of ether oxygens (including phenoxy) is 1. The molecule has 0 radical (unpaired) electrons. The average molecular weight is 336 g/mol. The van der Waals surface area contributed by atoms with Crippen LogP contribution in [0.25, 0.3) is 11.0 Å². The zero-order valence-electron chi connectivity index (χ0n) is 12.1. The predicted octanol–water partition coefficient (Wildman–Crippen LogP) is 0.215. The van der Waals surface area contributed by atoms with E-state index in [9.17, 15) is 13.2 Å². The Bertz CT molecular complexity index is 1020. The molecule has 0 aliphatic heterocycles. The number of fused-ring (bicyclic) bond motifs is 1. The average Bonchev–Trinajstić information content (AvgIpc) is 2.82. The van der Waals surface area contributed by atoms with Crippen molar-refractivity contribution in [1.29, 1.82) is 0 Å². The van der Waals surface area contributed by atoms with E-state index in [-0.39, 0.29) is 23.1 Å². The number of aromatic amines is 1. The van der Waals surface area contributed by atoms with E-state index in [1.165, 1.54) is 29.2 Å². The number of sulfonamides is 1. The van der Waals surface area contributed by atoms with Gasteiger partial charge in [0.1, 0.15) is 17.0 Å². The van der Waals surface area contributed by atoms with Crippen LogP contribution >= 0.6 is 0 Å². The van der Waals surface area contributed by atoms with Gasteiger partial charge < -0.3 is 4.74 Å². The number of rotatable bonds is 4. The maximum absolute atomic E-state index is 11.9. The summed E-state index contributed by atoms with van der Waals surface area (Å²) < 4.78 is 31.3. The molecule has 0 aliphatic rings. The number of hydrogen-bond donors (Lipinski definition) is 2. The molecular weight excluding hydrogens is 324 g/mol. The topological polar surface area (TPSA) is 132 Å². The van der Waals surface area contributed by atoms with Crippen molar-refractivity contribution in [2.24, 2.45) is 7.05 Å². The van der Waals surface area contributed by atoms with Crippen molar-refractivity contribution in [2.75, 3.05) is 11.0 Å². The highest BCUT2D eigenvalue weighted by Gasteiger charge is 2.10. The summed E-state index contributed by atoms with van der Waals surface area (Å²) in [7, 11) is -1.74. The molecule has 0 saturated carbocycles. The molecule has 11 heteroatoms. The molecule has 0 amide bonds. The number of H-pyrrole nitrogens is 1. The fraction of sp³-hybridized carbons (Fsp3) is 0.167. The van der Waals surface area contributed by atoms with Gasteiger partial charge in [0.25, 0.3) is 5.56 Å². The lowest BCUT2D eigenvalue weighted by molar-refractivity contribution is 0.440. The number of aryl methyl sites for hydroxylation is 1. The van der Waals surface area contributed by atoms with Crippen molar-refractivity contribution in [2.45, 2.75) is 0 Å². The summed E-state index contributed by atoms with van der Waals surface area (Å²) in [6, 6.07) is 2.90. The van der Waals surface area contributed by atoms with E-state index in [0.717, 1.165) is 6.26 Å². The Labute approximate surface area is 130 Å². The number of pyridine rings is 1. The first kappa shape index (κ1) is 15.0. The van der Waals surface area contributed by atoms with E-state index in [4.69, 9.17) is 4.74 Å². The first-order chi connectivity index (χ1) is 10.8. The quantitative estimate of drug-likeness (QED) is 0.696. The molecule has 0 bridgehead atoms. The van der Waals surface area contributed by atoms with E-state index in [1.807, 2.05) is 0 Å². The van der Waals surface area contributed by atoms with Gasteiger partial charge in [-0.3, -0.25) is 19.2 Å². The monoisotopic (exact) mass is 336 g/mol. The standard InChI is InChI=1S/C12H12N6O4S/c1-18-10-8(6-14-18)11(19)16-12(15-10)22-7-3-4-9(13-5-7)17-23(2,20)21/h3-6H,1-2H3,(H,13,17)(H,15,16,19). The van der Waals surface area contributed by atoms with Crippen molar-refractivity contribution < 1.29 is 13.2 Å². The van der Waals surface area contributed by atoms with Gasteiger partial charge >= 0.3 is 6.01 Å². The predicted molar refractivity (Wildman–Crippen MR) is 81.9 cm³/mol. The molecule has 0 fully saturated rings. The minimum Gasteiger partial charge on any atom is -0.424 e. The van der Waals surface area contributed by atoms with E-state index >= 15 is 0 Å². The third-order valence-electron chi connectivity index (χ3n) is 2.82.